The number of nitrogens with zero attached hydrogens (tertiary/aromatic N) is 1. The van der Waals surface area contributed by atoms with Crippen molar-refractivity contribution in [2.75, 3.05) is 14.2 Å². The molecule has 0 aliphatic carbocycles. The molecule has 0 atom stereocenters. The smallest absolute Gasteiger partial charge is 0.205 e. The second-order valence-corrected chi connectivity index (χ2v) is 4.29. The number of ether oxygens (including phenoxy) is 2. The van der Waals surface area contributed by atoms with Gasteiger partial charge in [0.1, 0.15) is 11.3 Å². The molecule has 0 unspecified atom stereocenters. The van der Waals surface area contributed by atoms with Crippen molar-refractivity contribution in [3.63, 3.8) is 0 Å². The average molecular weight is 275 g/mol. The Kier molecular flexibility index (Phi) is 2.78. The Morgan fingerprint density at radius 2 is 1.95 bits per heavy atom. The van der Waals surface area contributed by atoms with E-state index in [2.05, 4.69) is 5.16 Å². The van der Waals surface area contributed by atoms with E-state index in [9.17, 15) is 5.11 Å². The Balaban J connectivity index is 2.43. The van der Waals surface area contributed by atoms with Gasteiger partial charge in [-0.2, -0.15) is 0 Å². The van der Waals surface area contributed by atoms with Crippen LogP contribution in [0.2, 0.25) is 0 Å². The highest BCUT2D eigenvalue weighted by Gasteiger charge is 2.26. The van der Waals surface area contributed by atoms with Crippen LogP contribution in [0.4, 0.5) is 0 Å². The van der Waals surface area contributed by atoms with Crippen molar-refractivity contribution in [1.29, 1.82) is 0 Å². The molecule has 3 rings (SSSR count). The number of aromatic hydroxyl groups is 1. The van der Waals surface area contributed by atoms with Gasteiger partial charge in [-0.3, -0.25) is 0 Å². The number of phenolic OH excluding ortho intramolecular Hbond substituents is 1. The highest BCUT2D eigenvalue weighted by atomic mass is 16.5. The molecule has 0 spiro atoms. The molecule has 2 aromatic heterocycles. The number of aromatic nitrogens is 1. The first-order valence-corrected chi connectivity index (χ1v) is 5.95. The Bertz CT molecular complexity index is 771. The van der Waals surface area contributed by atoms with Gasteiger partial charge in [0.25, 0.3) is 0 Å². The quantitative estimate of drug-likeness (QED) is 0.791. The lowest BCUT2D eigenvalue weighted by Gasteiger charge is -2.12. The number of benzene rings is 1. The largest absolute Gasteiger partial charge is 0.504 e. The SMILES string of the molecule is COc1c(-c2cc(C)no2)c(O)c(OC)c2occc12. The van der Waals surface area contributed by atoms with Crippen molar-refractivity contribution in [3.8, 4) is 28.6 Å². The van der Waals surface area contributed by atoms with E-state index in [4.69, 9.17) is 18.4 Å². The number of hydrogen-bond donors (Lipinski definition) is 1. The topological polar surface area (TPSA) is 77.9 Å². The second kappa shape index (κ2) is 4.48. The normalized spacial score (nSPS) is 10.9. The molecule has 6 heteroatoms. The first-order valence-electron chi connectivity index (χ1n) is 5.95. The van der Waals surface area contributed by atoms with Crippen LogP contribution in [0.1, 0.15) is 5.69 Å². The van der Waals surface area contributed by atoms with Gasteiger partial charge in [-0.05, 0) is 13.0 Å². The maximum atomic E-state index is 10.4. The Morgan fingerprint density at radius 3 is 2.55 bits per heavy atom. The van der Waals surface area contributed by atoms with Gasteiger partial charge in [-0.15, -0.1) is 0 Å². The van der Waals surface area contributed by atoms with Crippen molar-refractivity contribution in [2.24, 2.45) is 0 Å². The number of fused-ring (bicyclic) bond motifs is 1. The molecule has 6 nitrogen and oxygen atoms in total. The zero-order valence-corrected chi connectivity index (χ0v) is 11.3. The molecule has 3 aromatic rings. The van der Waals surface area contributed by atoms with Crippen molar-refractivity contribution >= 4 is 11.0 Å². The summed E-state index contributed by atoms with van der Waals surface area (Å²) in [6.07, 6.45) is 1.50. The van der Waals surface area contributed by atoms with Crippen LogP contribution in [0.15, 0.2) is 27.3 Å². The molecule has 1 N–H and O–H groups in total. The van der Waals surface area contributed by atoms with E-state index in [1.54, 1.807) is 19.1 Å². The summed E-state index contributed by atoms with van der Waals surface area (Å²) in [5.41, 5.74) is 1.51. The monoisotopic (exact) mass is 275 g/mol. The fourth-order valence-electron chi connectivity index (χ4n) is 2.24. The number of methoxy groups -OCH3 is 2. The van der Waals surface area contributed by atoms with Crippen LogP contribution >= 0.6 is 0 Å². The molecule has 0 fully saturated rings. The minimum atomic E-state index is -0.108. The summed E-state index contributed by atoms with van der Waals surface area (Å²) < 4.78 is 21.2. The van der Waals surface area contributed by atoms with Gasteiger partial charge in [0.2, 0.25) is 5.75 Å². The number of phenols is 1. The van der Waals surface area contributed by atoms with Crippen LogP contribution in [0, 0.1) is 6.92 Å². The summed E-state index contributed by atoms with van der Waals surface area (Å²) in [7, 11) is 2.97. The molecule has 0 bridgehead atoms. The van der Waals surface area contributed by atoms with Gasteiger partial charge in [0.05, 0.1) is 31.6 Å². The molecule has 0 radical (unpaired) electrons. The maximum absolute atomic E-state index is 10.4. The summed E-state index contributed by atoms with van der Waals surface area (Å²) in [5.74, 6) is 0.972. The zero-order valence-electron chi connectivity index (χ0n) is 11.3. The van der Waals surface area contributed by atoms with E-state index in [-0.39, 0.29) is 11.5 Å². The number of rotatable bonds is 3. The molecular weight excluding hydrogens is 262 g/mol. The predicted molar refractivity (Wildman–Crippen MR) is 71.2 cm³/mol. The van der Waals surface area contributed by atoms with Crippen molar-refractivity contribution in [2.45, 2.75) is 6.92 Å². The molecule has 0 amide bonds. The Hall–Kier alpha value is -2.63. The minimum absolute atomic E-state index is 0.108. The summed E-state index contributed by atoms with van der Waals surface area (Å²) in [5, 5.41) is 14.9. The van der Waals surface area contributed by atoms with E-state index in [0.717, 1.165) is 0 Å². The molecule has 0 aliphatic heterocycles. The van der Waals surface area contributed by atoms with Crippen LogP contribution in [-0.2, 0) is 0 Å². The van der Waals surface area contributed by atoms with E-state index in [0.29, 0.717) is 33.7 Å². The number of aryl methyl sites for hydroxylation is 1. The van der Waals surface area contributed by atoms with Crippen molar-refractivity contribution in [3.05, 3.63) is 24.1 Å². The fraction of sp³-hybridized carbons (Fsp3) is 0.214. The van der Waals surface area contributed by atoms with Crippen molar-refractivity contribution in [1.82, 2.24) is 5.16 Å². The van der Waals surface area contributed by atoms with E-state index < -0.39 is 0 Å². The molecule has 0 saturated carbocycles. The third kappa shape index (κ3) is 1.61. The first-order chi connectivity index (χ1) is 9.67. The summed E-state index contributed by atoms with van der Waals surface area (Å²) in [6.45, 7) is 1.80. The van der Waals surface area contributed by atoms with Gasteiger partial charge in [-0.1, -0.05) is 5.16 Å². The van der Waals surface area contributed by atoms with Crippen LogP contribution in [0.25, 0.3) is 22.3 Å². The van der Waals surface area contributed by atoms with Gasteiger partial charge in [0.15, 0.2) is 17.1 Å². The zero-order chi connectivity index (χ0) is 14.3. The standard InChI is InChI=1S/C14H13NO5/c1-7-6-9(20-15-7)10-11(16)14(18-3)13-8(4-5-19-13)12(10)17-2/h4-6,16H,1-3H3. The molecule has 1 aromatic carbocycles. The van der Waals surface area contributed by atoms with Gasteiger partial charge >= 0.3 is 0 Å². The third-order valence-corrected chi connectivity index (χ3v) is 3.08. The summed E-state index contributed by atoms with van der Waals surface area (Å²) >= 11 is 0. The minimum Gasteiger partial charge on any atom is -0.504 e. The molecule has 0 saturated heterocycles. The van der Waals surface area contributed by atoms with E-state index in [1.807, 2.05) is 0 Å². The lowest BCUT2D eigenvalue weighted by atomic mass is 10.1. The van der Waals surface area contributed by atoms with Crippen molar-refractivity contribution < 1.29 is 23.5 Å². The summed E-state index contributed by atoms with van der Waals surface area (Å²) in [4.78, 5) is 0. The van der Waals surface area contributed by atoms with Gasteiger partial charge < -0.3 is 23.5 Å². The average Bonchev–Trinajstić information content (AvgIpc) is 3.06. The number of furan rings is 1. The molecule has 0 aliphatic rings. The van der Waals surface area contributed by atoms with E-state index in [1.165, 1.54) is 20.5 Å². The Labute approximate surface area is 114 Å². The maximum Gasteiger partial charge on any atom is 0.205 e. The third-order valence-electron chi connectivity index (χ3n) is 3.08. The lowest BCUT2D eigenvalue weighted by Crippen LogP contribution is -1.93. The highest BCUT2D eigenvalue weighted by Crippen LogP contribution is 2.50. The number of hydrogen-bond acceptors (Lipinski definition) is 6. The van der Waals surface area contributed by atoms with Crippen LogP contribution in [-0.4, -0.2) is 24.5 Å². The Morgan fingerprint density at radius 1 is 1.20 bits per heavy atom. The van der Waals surface area contributed by atoms with E-state index >= 15 is 0 Å². The van der Waals surface area contributed by atoms with Crippen LogP contribution in [0.3, 0.4) is 0 Å². The lowest BCUT2D eigenvalue weighted by molar-refractivity contribution is 0.363. The molecule has 20 heavy (non-hydrogen) atoms. The predicted octanol–water partition coefficient (Wildman–Crippen LogP) is 3.12. The fourth-order valence-corrected chi connectivity index (χ4v) is 2.24. The highest BCUT2D eigenvalue weighted by molar-refractivity contribution is 5.99. The summed E-state index contributed by atoms with van der Waals surface area (Å²) in [6, 6.07) is 3.45. The second-order valence-electron chi connectivity index (χ2n) is 4.29. The van der Waals surface area contributed by atoms with Crippen LogP contribution in [0.5, 0.6) is 17.2 Å². The molecular formula is C14H13NO5. The molecule has 104 valence electrons. The molecule has 2 heterocycles. The van der Waals surface area contributed by atoms with Crippen LogP contribution < -0.4 is 9.47 Å². The van der Waals surface area contributed by atoms with Gasteiger partial charge in [0, 0.05) is 6.07 Å². The first kappa shape index (κ1) is 12.4. The van der Waals surface area contributed by atoms with Gasteiger partial charge in [-0.25, -0.2) is 0 Å².